The molecule has 1 aromatic rings. The van der Waals surface area contributed by atoms with Crippen LogP contribution in [0.4, 0.5) is 0 Å². The minimum atomic E-state index is -0.195. The van der Waals surface area contributed by atoms with Crippen LogP contribution in [0.15, 0.2) is 18.2 Å². The number of esters is 1. The summed E-state index contributed by atoms with van der Waals surface area (Å²) in [4.78, 5) is 11.6. The van der Waals surface area contributed by atoms with E-state index >= 15 is 0 Å². The molecule has 0 radical (unpaired) electrons. The topological polar surface area (TPSA) is 61.5 Å². The number of carbonyl (C=O) groups excluding carboxylic acids is 1. The Kier molecular flexibility index (Phi) is 6.21. The Labute approximate surface area is 127 Å². The molecule has 0 heterocycles. The van der Waals surface area contributed by atoms with E-state index in [1.165, 1.54) is 0 Å². The highest BCUT2D eigenvalue weighted by Crippen LogP contribution is 2.33. The van der Waals surface area contributed by atoms with E-state index in [1.54, 1.807) is 7.11 Å². The Hall–Kier alpha value is -1.55. The van der Waals surface area contributed by atoms with Crippen molar-refractivity contribution in [3.63, 3.8) is 0 Å². The molecule has 0 aliphatic carbocycles. The fourth-order valence-electron chi connectivity index (χ4n) is 2.52. The van der Waals surface area contributed by atoms with E-state index in [9.17, 15) is 4.79 Å². The van der Waals surface area contributed by atoms with Gasteiger partial charge in [-0.2, -0.15) is 0 Å². The summed E-state index contributed by atoms with van der Waals surface area (Å²) in [6, 6.07) is 5.85. The van der Waals surface area contributed by atoms with E-state index in [0.29, 0.717) is 13.0 Å². The van der Waals surface area contributed by atoms with Gasteiger partial charge in [-0.1, -0.05) is 26.0 Å². The maximum atomic E-state index is 11.6. The summed E-state index contributed by atoms with van der Waals surface area (Å²) in [6.45, 7) is 8.31. The molecular weight excluding hydrogens is 266 g/mol. The van der Waals surface area contributed by atoms with Crippen LogP contribution < -0.4 is 10.5 Å². The molecule has 0 amide bonds. The number of rotatable bonds is 7. The van der Waals surface area contributed by atoms with E-state index in [0.717, 1.165) is 23.3 Å². The molecule has 0 aromatic heterocycles. The van der Waals surface area contributed by atoms with Crippen molar-refractivity contribution >= 4 is 5.97 Å². The van der Waals surface area contributed by atoms with Crippen LogP contribution >= 0.6 is 0 Å². The highest BCUT2D eigenvalue weighted by molar-refractivity contribution is 5.70. The SMILES string of the molecule is CCOC(=O)CC(C)(C)CC(N)c1ccc(OC)c(C)c1. The van der Waals surface area contributed by atoms with E-state index in [2.05, 4.69) is 0 Å². The molecule has 2 N–H and O–H groups in total. The number of hydrogen-bond donors (Lipinski definition) is 1. The van der Waals surface area contributed by atoms with E-state index < -0.39 is 0 Å². The van der Waals surface area contributed by atoms with Crippen molar-refractivity contribution in [3.05, 3.63) is 29.3 Å². The van der Waals surface area contributed by atoms with Gasteiger partial charge in [0.15, 0.2) is 0 Å². The van der Waals surface area contributed by atoms with Gasteiger partial charge in [0.05, 0.1) is 20.1 Å². The van der Waals surface area contributed by atoms with E-state index in [1.807, 2.05) is 45.9 Å². The molecule has 0 spiro atoms. The third kappa shape index (κ3) is 5.38. The van der Waals surface area contributed by atoms with Crippen molar-refractivity contribution in [2.45, 2.75) is 46.6 Å². The maximum Gasteiger partial charge on any atom is 0.306 e. The Balaban J connectivity index is 2.73. The van der Waals surface area contributed by atoms with Crippen LogP contribution in [0.3, 0.4) is 0 Å². The van der Waals surface area contributed by atoms with E-state index in [-0.39, 0.29) is 17.4 Å². The molecule has 1 rings (SSSR count). The second-order valence-electron chi connectivity index (χ2n) is 6.19. The zero-order chi connectivity index (χ0) is 16.0. The number of aryl methyl sites for hydroxylation is 1. The average molecular weight is 293 g/mol. The lowest BCUT2D eigenvalue weighted by Crippen LogP contribution is -2.25. The summed E-state index contributed by atoms with van der Waals surface area (Å²) < 4.78 is 10.3. The minimum Gasteiger partial charge on any atom is -0.496 e. The van der Waals surface area contributed by atoms with Crippen LogP contribution in [-0.4, -0.2) is 19.7 Å². The quantitative estimate of drug-likeness (QED) is 0.783. The zero-order valence-electron chi connectivity index (χ0n) is 13.7. The summed E-state index contributed by atoms with van der Waals surface area (Å²) in [6.07, 6.45) is 1.10. The number of methoxy groups -OCH3 is 1. The first-order chi connectivity index (χ1) is 9.79. The molecule has 4 nitrogen and oxygen atoms in total. The second kappa shape index (κ2) is 7.46. The zero-order valence-corrected chi connectivity index (χ0v) is 13.7. The maximum absolute atomic E-state index is 11.6. The average Bonchev–Trinajstić information content (AvgIpc) is 2.37. The number of carbonyl (C=O) groups is 1. The summed E-state index contributed by atoms with van der Waals surface area (Å²) in [5.41, 5.74) is 8.23. The fraction of sp³-hybridized carbons (Fsp3) is 0.588. The van der Waals surface area contributed by atoms with Gasteiger partial charge in [-0.05, 0) is 42.9 Å². The smallest absolute Gasteiger partial charge is 0.306 e. The lowest BCUT2D eigenvalue weighted by Gasteiger charge is -2.27. The predicted octanol–water partition coefficient (Wildman–Crippen LogP) is 3.37. The fourth-order valence-corrected chi connectivity index (χ4v) is 2.52. The Morgan fingerprint density at radius 1 is 1.38 bits per heavy atom. The van der Waals surface area contributed by atoms with E-state index in [4.69, 9.17) is 15.2 Å². The molecule has 1 aromatic carbocycles. The van der Waals surface area contributed by atoms with Crippen molar-refractivity contribution in [3.8, 4) is 5.75 Å². The van der Waals surface area contributed by atoms with Crippen molar-refractivity contribution < 1.29 is 14.3 Å². The van der Waals surface area contributed by atoms with Crippen molar-refractivity contribution in [2.75, 3.05) is 13.7 Å². The van der Waals surface area contributed by atoms with Gasteiger partial charge in [-0.15, -0.1) is 0 Å². The minimum absolute atomic E-state index is 0.112. The third-order valence-corrected chi connectivity index (χ3v) is 3.55. The van der Waals surface area contributed by atoms with Crippen LogP contribution in [0, 0.1) is 12.3 Å². The Bertz CT molecular complexity index is 483. The lowest BCUT2D eigenvalue weighted by molar-refractivity contribution is -0.145. The van der Waals surface area contributed by atoms with Crippen molar-refractivity contribution in [1.29, 1.82) is 0 Å². The van der Waals surface area contributed by atoms with Gasteiger partial charge in [0.25, 0.3) is 0 Å². The highest BCUT2D eigenvalue weighted by atomic mass is 16.5. The van der Waals surface area contributed by atoms with Gasteiger partial charge >= 0.3 is 5.97 Å². The second-order valence-corrected chi connectivity index (χ2v) is 6.19. The summed E-state index contributed by atoms with van der Waals surface area (Å²) in [5, 5.41) is 0. The predicted molar refractivity (Wildman–Crippen MR) is 84.3 cm³/mol. The first-order valence-corrected chi connectivity index (χ1v) is 7.35. The van der Waals surface area contributed by atoms with Crippen molar-refractivity contribution in [1.82, 2.24) is 0 Å². The standard InChI is InChI=1S/C17H27NO3/c1-6-21-16(19)11-17(3,4)10-14(18)13-7-8-15(20-5)12(2)9-13/h7-9,14H,6,10-11,18H2,1-5H3. The van der Waals surface area contributed by atoms with Gasteiger partial charge in [0, 0.05) is 6.04 Å². The van der Waals surface area contributed by atoms with Crippen LogP contribution in [-0.2, 0) is 9.53 Å². The third-order valence-electron chi connectivity index (χ3n) is 3.55. The first kappa shape index (κ1) is 17.5. The molecule has 0 fully saturated rings. The first-order valence-electron chi connectivity index (χ1n) is 7.35. The van der Waals surface area contributed by atoms with Gasteiger partial charge < -0.3 is 15.2 Å². The summed E-state index contributed by atoms with van der Waals surface area (Å²) in [5.74, 6) is 0.692. The Morgan fingerprint density at radius 2 is 2.05 bits per heavy atom. The van der Waals surface area contributed by atoms with Gasteiger partial charge in [0.1, 0.15) is 5.75 Å². The number of benzene rings is 1. The molecule has 1 atom stereocenters. The van der Waals surface area contributed by atoms with Crippen LogP contribution in [0.2, 0.25) is 0 Å². The van der Waals surface area contributed by atoms with Crippen LogP contribution in [0.5, 0.6) is 5.75 Å². The monoisotopic (exact) mass is 293 g/mol. The number of ether oxygens (including phenoxy) is 2. The van der Waals surface area contributed by atoms with Gasteiger partial charge in [-0.25, -0.2) is 0 Å². The van der Waals surface area contributed by atoms with Crippen molar-refractivity contribution in [2.24, 2.45) is 11.1 Å². The normalized spacial score (nSPS) is 12.9. The highest BCUT2D eigenvalue weighted by Gasteiger charge is 2.26. The van der Waals surface area contributed by atoms with Crippen LogP contribution in [0.25, 0.3) is 0 Å². The molecule has 21 heavy (non-hydrogen) atoms. The molecule has 0 bridgehead atoms. The molecule has 0 saturated heterocycles. The molecular formula is C17H27NO3. The molecule has 1 unspecified atom stereocenters. The lowest BCUT2D eigenvalue weighted by atomic mass is 9.81. The van der Waals surface area contributed by atoms with Crippen LogP contribution in [0.1, 0.15) is 50.8 Å². The molecule has 4 heteroatoms. The van der Waals surface area contributed by atoms with Gasteiger partial charge in [0.2, 0.25) is 0 Å². The Morgan fingerprint density at radius 3 is 2.57 bits per heavy atom. The molecule has 0 aliphatic rings. The number of hydrogen-bond acceptors (Lipinski definition) is 4. The number of nitrogens with two attached hydrogens (primary N) is 1. The molecule has 0 aliphatic heterocycles. The molecule has 118 valence electrons. The summed E-state index contributed by atoms with van der Waals surface area (Å²) in [7, 11) is 1.66. The van der Waals surface area contributed by atoms with Gasteiger partial charge in [-0.3, -0.25) is 4.79 Å². The largest absolute Gasteiger partial charge is 0.496 e. The summed E-state index contributed by atoms with van der Waals surface area (Å²) >= 11 is 0. The molecule has 0 saturated carbocycles.